The summed E-state index contributed by atoms with van der Waals surface area (Å²) in [7, 11) is 3.36. The number of rotatable bonds is 6. The third kappa shape index (κ3) is 5.16. The second-order valence-corrected chi connectivity index (χ2v) is 4.76. The van der Waals surface area contributed by atoms with Gasteiger partial charge in [-0.05, 0) is 12.1 Å². The van der Waals surface area contributed by atoms with E-state index in [0.717, 1.165) is 0 Å². The molecular formula is C13H16F2N6O2. The average molecular weight is 326 g/mol. The Morgan fingerprint density at radius 2 is 2.22 bits per heavy atom. The first-order chi connectivity index (χ1) is 10.9. The molecule has 0 unspecified atom stereocenters. The van der Waals surface area contributed by atoms with Crippen molar-refractivity contribution < 1.29 is 18.3 Å². The van der Waals surface area contributed by atoms with Crippen LogP contribution in [0.1, 0.15) is 11.4 Å². The highest BCUT2D eigenvalue weighted by atomic mass is 19.3. The van der Waals surface area contributed by atoms with Gasteiger partial charge in [0.05, 0.1) is 25.0 Å². The Balaban J connectivity index is 1.81. The highest BCUT2D eigenvalue weighted by Crippen LogP contribution is 2.12. The van der Waals surface area contributed by atoms with Crippen LogP contribution in [0, 0.1) is 0 Å². The number of halogens is 2. The van der Waals surface area contributed by atoms with Crippen LogP contribution in [-0.2, 0) is 20.1 Å². The van der Waals surface area contributed by atoms with Crippen LogP contribution in [0.25, 0.3) is 0 Å². The minimum Gasteiger partial charge on any atom is -0.433 e. The van der Waals surface area contributed by atoms with E-state index in [1.807, 2.05) is 0 Å². The summed E-state index contributed by atoms with van der Waals surface area (Å²) in [6.45, 7) is -2.41. The molecule has 0 aliphatic carbocycles. The molecule has 0 atom stereocenters. The Morgan fingerprint density at radius 1 is 1.43 bits per heavy atom. The molecule has 0 aliphatic rings. The van der Waals surface area contributed by atoms with Gasteiger partial charge >= 0.3 is 12.6 Å². The Hall–Kier alpha value is -2.78. The number of carbonyl (C=O) groups is 1. The van der Waals surface area contributed by atoms with Crippen molar-refractivity contribution in [1.82, 2.24) is 30.2 Å². The normalized spacial score (nSPS) is 10.7. The average Bonchev–Trinajstić information content (AvgIpc) is 2.90. The monoisotopic (exact) mass is 326 g/mol. The van der Waals surface area contributed by atoms with Crippen molar-refractivity contribution in [2.24, 2.45) is 7.05 Å². The van der Waals surface area contributed by atoms with Gasteiger partial charge in [-0.3, -0.25) is 9.67 Å². The van der Waals surface area contributed by atoms with Gasteiger partial charge in [-0.25, -0.2) is 4.79 Å². The number of pyridine rings is 1. The van der Waals surface area contributed by atoms with Crippen LogP contribution in [0.5, 0.6) is 5.75 Å². The van der Waals surface area contributed by atoms with Gasteiger partial charge in [0.25, 0.3) is 0 Å². The molecule has 2 rings (SSSR count). The van der Waals surface area contributed by atoms with Crippen LogP contribution in [0.3, 0.4) is 0 Å². The predicted molar refractivity (Wildman–Crippen MR) is 75.6 cm³/mol. The molecule has 0 bridgehead atoms. The zero-order valence-corrected chi connectivity index (χ0v) is 12.6. The third-order valence-corrected chi connectivity index (χ3v) is 2.84. The SMILES string of the molecule is CN(Cc1cn(C)nn1)C(=O)NCc1ccc(OC(F)F)cn1. The Labute approximate surface area is 131 Å². The first kappa shape index (κ1) is 16.6. The lowest BCUT2D eigenvalue weighted by atomic mass is 10.3. The van der Waals surface area contributed by atoms with Crippen molar-refractivity contribution in [3.05, 3.63) is 35.9 Å². The molecule has 23 heavy (non-hydrogen) atoms. The van der Waals surface area contributed by atoms with Crippen LogP contribution >= 0.6 is 0 Å². The van der Waals surface area contributed by atoms with Crippen LogP contribution in [0.4, 0.5) is 13.6 Å². The summed E-state index contributed by atoms with van der Waals surface area (Å²) in [5.41, 5.74) is 1.18. The number of nitrogens with zero attached hydrogens (tertiary/aromatic N) is 5. The molecule has 0 saturated carbocycles. The van der Waals surface area contributed by atoms with E-state index in [1.165, 1.54) is 23.2 Å². The van der Waals surface area contributed by atoms with Gasteiger partial charge in [-0.1, -0.05) is 5.21 Å². The molecule has 124 valence electrons. The van der Waals surface area contributed by atoms with E-state index >= 15 is 0 Å². The Kier molecular flexibility index (Phi) is 5.39. The summed E-state index contributed by atoms with van der Waals surface area (Å²) in [6, 6.07) is 2.55. The van der Waals surface area contributed by atoms with E-state index in [2.05, 4.69) is 25.3 Å². The first-order valence-electron chi connectivity index (χ1n) is 6.68. The van der Waals surface area contributed by atoms with Crippen LogP contribution in [0.2, 0.25) is 0 Å². The maximum atomic E-state index is 12.0. The van der Waals surface area contributed by atoms with E-state index in [0.29, 0.717) is 17.9 Å². The number of urea groups is 1. The molecule has 0 aliphatic heterocycles. The van der Waals surface area contributed by atoms with E-state index in [4.69, 9.17) is 0 Å². The maximum Gasteiger partial charge on any atom is 0.387 e. The quantitative estimate of drug-likeness (QED) is 0.861. The molecule has 10 heteroatoms. The fraction of sp³-hybridized carbons (Fsp3) is 0.385. The molecule has 1 N–H and O–H groups in total. The standard InChI is InChI=1S/C13H16F2N6O2/c1-20(7-10-8-21(2)19-18-10)13(22)17-5-9-3-4-11(6-16-9)23-12(14)15/h3-4,6,8,12H,5,7H2,1-2H3,(H,17,22). The highest BCUT2D eigenvalue weighted by molar-refractivity contribution is 5.73. The van der Waals surface area contributed by atoms with Crippen LogP contribution in [-0.4, -0.2) is 44.6 Å². The van der Waals surface area contributed by atoms with Gasteiger partial charge in [-0.15, -0.1) is 5.10 Å². The number of hydrogen-bond donors (Lipinski definition) is 1. The van der Waals surface area contributed by atoms with Crippen molar-refractivity contribution in [1.29, 1.82) is 0 Å². The summed E-state index contributed by atoms with van der Waals surface area (Å²) in [5, 5.41) is 10.3. The van der Waals surface area contributed by atoms with E-state index in [9.17, 15) is 13.6 Å². The Bertz CT molecular complexity index is 646. The minimum atomic E-state index is -2.89. The van der Waals surface area contributed by atoms with Gasteiger partial charge in [-0.2, -0.15) is 8.78 Å². The van der Waals surface area contributed by atoms with Gasteiger partial charge in [0.1, 0.15) is 11.4 Å². The minimum absolute atomic E-state index is 0.0325. The number of carbonyl (C=O) groups excluding carboxylic acids is 1. The molecule has 2 aromatic heterocycles. The molecule has 2 aromatic rings. The number of alkyl halides is 2. The molecular weight excluding hydrogens is 310 g/mol. The maximum absolute atomic E-state index is 12.0. The summed E-state index contributed by atoms with van der Waals surface area (Å²) >= 11 is 0. The van der Waals surface area contributed by atoms with Crippen molar-refractivity contribution in [2.45, 2.75) is 19.7 Å². The fourth-order valence-electron chi connectivity index (χ4n) is 1.77. The molecule has 0 spiro atoms. The van der Waals surface area contributed by atoms with Crippen molar-refractivity contribution >= 4 is 6.03 Å². The second kappa shape index (κ2) is 7.47. The smallest absolute Gasteiger partial charge is 0.387 e. The van der Waals surface area contributed by atoms with E-state index < -0.39 is 6.61 Å². The summed E-state index contributed by atoms with van der Waals surface area (Å²) in [5.74, 6) is -0.0325. The van der Waals surface area contributed by atoms with Gasteiger partial charge in [0.2, 0.25) is 0 Å². The zero-order valence-electron chi connectivity index (χ0n) is 12.6. The van der Waals surface area contributed by atoms with Crippen molar-refractivity contribution in [3.8, 4) is 5.75 Å². The van der Waals surface area contributed by atoms with E-state index in [-0.39, 0.29) is 18.3 Å². The van der Waals surface area contributed by atoms with Gasteiger partial charge < -0.3 is 15.0 Å². The molecule has 2 amide bonds. The number of aryl methyl sites for hydroxylation is 1. The summed E-state index contributed by atoms with van der Waals surface area (Å²) in [6.07, 6.45) is 2.89. The number of nitrogens with one attached hydrogen (secondary N) is 1. The molecule has 0 fully saturated rings. The molecule has 0 radical (unpaired) electrons. The lowest BCUT2D eigenvalue weighted by molar-refractivity contribution is -0.0500. The molecule has 0 saturated heterocycles. The summed E-state index contributed by atoms with van der Waals surface area (Å²) in [4.78, 5) is 17.3. The number of amides is 2. The number of ether oxygens (including phenoxy) is 1. The molecule has 8 nitrogen and oxygen atoms in total. The van der Waals surface area contributed by atoms with Crippen LogP contribution in [0.15, 0.2) is 24.5 Å². The van der Waals surface area contributed by atoms with Crippen LogP contribution < -0.4 is 10.1 Å². The largest absolute Gasteiger partial charge is 0.433 e. The van der Waals surface area contributed by atoms with Gasteiger partial charge in [0, 0.05) is 20.3 Å². The molecule has 0 aromatic carbocycles. The number of hydrogen-bond acceptors (Lipinski definition) is 5. The van der Waals surface area contributed by atoms with Gasteiger partial charge in [0.15, 0.2) is 0 Å². The second-order valence-electron chi connectivity index (χ2n) is 4.76. The zero-order chi connectivity index (χ0) is 16.8. The summed E-state index contributed by atoms with van der Waals surface area (Å²) < 4.78 is 29.8. The first-order valence-corrected chi connectivity index (χ1v) is 6.68. The number of aromatic nitrogens is 4. The lowest BCUT2D eigenvalue weighted by Gasteiger charge is -2.16. The molecule has 2 heterocycles. The highest BCUT2D eigenvalue weighted by Gasteiger charge is 2.11. The van der Waals surface area contributed by atoms with Crippen molar-refractivity contribution in [2.75, 3.05) is 7.05 Å². The van der Waals surface area contributed by atoms with Crippen molar-refractivity contribution in [3.63, 3.8) is 0 Å². The lowest BCUT2D eigenvalue weighted by Crippen LogP contribution is -2.36. The topological polar surface area (TPSA) is 85.2 Å². The third-order valence-electron chi connectivity index (χ3n) is 2.84. The van der Waals surface area contributed by atoms with E-state index in [1.54, 1.807) is 25.0 Å². The predicted octanol–water partition coefficient (Wildman–Crippen LogP) is 1.15. The Morgan fingerprint density at radius 3 is 2.78 bits per heavy atom. The fourth-order valence-corrected chi connectivity index (χ4v) is 1.77.